The van der Waals surface area contributed by atoms with Gasteiger partial charge in [-0.15, -0.1) is 0 Å². The Morgan fingerprint density at radius 2 is 1.93 bits per heavy atom. The van der Waals surface area contributed by atoms with Crippen molar-refractivity contribution in [2.45, 2.75) is 50.5 Å². The van der Waals surface area contributed by atoms with Crippen molar-refractivity contribution in [3.8, 4) is 0 Å². The number of amides is 3. The van der Waals surface area contributed by atoms with E-state index >= 15 is 0 Å². The largest absolute Gasteiger partial charge is 0.381 e. The average Bonchev–Trinajstić information content (AvgIpc) is 2.96. The molecular weight excluding hydrogens is 350 g/mol. The lowest BCUT2D eigenvalue weighted by Crippen LogP contribution is -2.50. The van der Waals surface area contributed by atoms with E-state index in [9.17, 15) is 9.59 Å². The van der Waals surface area contributed by atoms with Crippen molar-refractivity contribution in [1.82, 2.24) is 15.4 Å². The van der Waals surface area contributed by atoms with Crippen LogP contribution in [0.4, 0.5) is 4.79 Å². The highest BCUT2D eigenvalue weighted by Crippen LogP contribution is 2.30. The van der Waals surface area contributed by atoms with Gasteiger partial charge in [0.1, 0.15) is 12.6 Å². The molecule has 2 unspecified atom stereocenters. The number of hydroxylamine groups is 3. The Morgan fingerprint density at radius 1 is 1.15 bits per heavy atom. The van der Waals surface area contributed by atoms with Crippen molar-refractivity contribution in [3.05, 3.63) is 35.9 Å². The molecule has 3 aliphatic heterocycles. The smallest absolute Gasteiger partial charge is 0.345 e. The third-order valence-electron chi connectivity index (χ3n) is 5.33. The minimum absolute atomic E-state index is 0.0123. The number of benzene rings is 1. The number of urea groups is 1. The van der Waals surface area contributed by atoms with Crippen molar-refractivity contribution in [3.63, 3.8) is 0 Å². The Morgan fingerprint density at radius 3 is 2.70 bits per heavy atom. The lowest BCUT2D eigenvalue weighted by Gasteiger charge is -2.30. The lowest BCUT2D eigenvalue weighted by atomic mass is 10.0. The van der Waals surface area contributed by atoms with E-state index in [1.807, 2.05) is 30.3 Å². The lowest BCUT2D eigenvalue weighted by molar-refractivity contribution is -0.148. The third-order valence-corrected chi connectivity index (χ3v) is 5.33. The molecule has 3 saturated heterocycles. The van der Waals surface area contributed by atoms with Gasteiger partial charge in [-0.1, -0.05) is 30.3 Å². The number of nitrogens with zero attached hydrogens (tertiary/aromatic N) is 2. The fourth-order valence-electron chi connectivity index (χ4n) is 3.79. The van der Waals surface area contributed by atoms with Crippen molar-refractivity contribution < 1.29 is 24.0 Å². The van der Waals surface area contributed by atoms with Gasteiger partial charge in [0.25, 0.3) is 5.91 Å². The van der Waals surface area contributed by atoms with E-state index in [0.717, 1.165) is 24.8 Å². The molecule has 1 N–H and O–H groups in total. The minimum Gasteiger partial charge on any atom is -0.381 e. The molecule has 3 fully saturated rings. The Balaban J connectivity index is 1.31. The maximum absolute atomic E-state index is 12.7. The van der Waals surface area contributed by atoms with Gasteiger partial charge in [-0.25, -0.2) is 10.3 Å². The quantitative estimate of drug-likeness (QED) is 0.764. The average molecular weight is 375 g/mol. The summed E-state index contributed by atoms with van der Waals surface area (Å²) in [5, 5.41) is 1.43. The summed E-state index contributed by atoms with van der Waals surface area (Å²) in [7, 11) is 0. The maximum atomic E-state index is 12.7. The SMILES string of the molecule is O=C(NOC1CCOCC1)C1CCC2CN1C(=O)N2OCc1ccccc1. The van der Waals surface area contributed by atoms with Crippen LogP contribution in [-0.2, 0) is 25.8 Å². The first kappa shape index (κ1) is 18.2. The van der Waals surface area contributed by atoms with Gasteiger partial charge in [0.05, 0.1) is 12.1 Å². The minimum atomic E-state index is -0.515. The molecule has 0 spiro atoms. The summed E-state index contributed by atoms with van der Waals surface area (Å²) >= 11 is 0. The molecule has 1 aromatic carbocycles. The molecule has 2 atom stereocenters. The molecule has 0 aromatic heterocycles. The topological polar surface area (TPSA) is 80.3 Å². The van der Waals surface area contributed by atoms with Crippen molar-refractivity contribution in [2.75, 3.05) is 19.8 Å². The number of hydrogen-bond acceptors (Lipinski definition) is 5. The van der Waals surface area contributed by atoms with Crippen molar-refractivity contribution >= 4 is 11.9 Å². The zero-order valence-electron chi connectivity index (χ0n) is 15.2. The van der Waals surface area contributed by atoms with Crippen LogP contribution in [0.5, 0.6) is 0 Å². The van der Waals surface area contributed by atoms with E-state index in [2.05, 4.69) is 5.48 Å². The number of hydrogen-bond donors (Lipinski definition) is 1. The van der Waals surface area contributed by atoms with Crippen LogP contribution in [-0.4, -0.2) is 59.8 Å². The van der Waals surface area contributed by atoms with Gasteiger partial charge in [0, 0.05) is 19.8 Å². The second-order valence-electron chi connectivity index (χ2n) is 7.16. The Hall–Kier alpha value is -2.16. The maximum Gasteiger partial charge on any atom is 0.345 e. The molecule has 2 bridgehead atoms. The number of rotatable bonds is 6. The third kappa shape index (κ3) is 4.07. The van der Waals surface area contributed by atoms with E-state index in [0.29, 0.717) is 32.8 Å². The molecule has 3 aliphatic rings. The molecule has 8 heteroatoms. The highest BCUT2D eigenvalue weighted by molar-refractivity contribution is 5.88. The zero-order chi connectivity index (χ0) is 18.6. The fourth-order valence-corrected chi connectivity index (χ4v) is 3.79. The van der Waals surface area contributed by atoms with Gasteiger partial charge in [0.2, 0.25) is 0 Å². The second-order valence-corrected chi connectivity index (χ2v) is 7.16. The van der Waals surface area contributed by atoms with E-state index in [4.69, 9.17) is 14.4 Å². The summed E-state index contributed by atoms with van der Waals surface area (Å²) in [6, 6.07) is 8.94. The summed E-state index contributed by atoms with van der Waals surface area (Å²) in [6.45, 7) is 2.12. The zero-order valence-corrected chi connectivity index (χ0v) is 15.2. The first-order valence-electron chi connectivity index (χ1n) is 9.52. The monoisotopic (exact) mass is 375 g/mol. The van der Waals surface area contributed by atoms with Crippen molar-refractivity contribution in [2.24, 2.45) is 0 Å². The molecule has 146 valence electrons. The summed E-state index contributed by atoms with van der Waals surface area (Å²) < 4.78 is 5.28. The molecular formula is C19H25N3O5. The van der Waals surface area contributed by atoms with E-state index in [1.54, 1.807) is 4.90 Å². The van der Waals surface area contributed by atoms with Gasteiger partial charge in [-0.3, -0.25) is 14.5 Å². The molecule has 27 heavy (non-hydrogen) atoms. The molecule has 0 aliphatic carbocycles. The van der Waals surface area contributed by atoms with Crippen LogP contribution in [0.15, 0.2) is 30.3 Å². The molecule has 3 heterocycles. The van der Waals surface area contributed by atoms with E-state index in [-0.39, 0.29) is 24.1 Å². The summed E-state index contributed by atoms with van der Waals surface area (Å²) in [6.07, 6.45) is 2.82. The van der Waals surface area contributed by atoms with Crippen LogP contribution in [0.25, 0.3) is 0 Å². The highest BCUT2D eigenvalue weighted by Gasteiger charge is 2.48. The summed E-state index contributed by atoms with van der Waals surface area (Å²) in [5.74, 6) is -0.266. The van der Waals surface area contributed by atoms with Gasteiger partial charge in [-0.2, -0.15) is 5.06 Å². The van der Waals surface area contributed by atoms with E-state index < -0.39 is 6.04 Å². The Kier molecular flexibility index (Phi) is 5.56. The number of nitrogens with one attached hydrogen (secondary N) is 1. The molecule has 3 amide bonds. The van der Waals surface area contributed by atoms with Crippen molar-refractivity contribution in [1.29, 1.82) is 0 Å². The van der Waals surface area contributed by atoms with Crippen LogP contribution in [0, 0.1) is 0 Å². The van der Waals surface area contributed by atoms with Crippen LogP contribution in [0.2, 0.25) is 0 Å². The summed E-state index contributed by atoms with van der Waals surface area (Å²) in [4.78, 5) is 38.1. The van der Waals surface area contributed by atoms with Gasteiger partial charge in [0.15, 0.2) is 0 Å². The first-order valence-corrected chi connectivity index (χ1v) is 9.52. The van der Waals surface area contributed by atoms with E-state index in [1.165, 1.54) is 5.06 Å². The molecule has 0 radical (unpaired) electrons. The van der Waals surface area contributed by atoms with Gasteiger partial charge in [-0.05, 0) is 31.2 Å². The Labute approximate surface area is 158 Å². The summed E-state index contributed by atoms with van der Waals surface area (Å²) in [5.41, 5.74) is 3.55. The fraction of sp³-hybridized carbons (Fsp3) is 0.579. The number of fused-ring (bicyclic) bond motifs is 2. The molecule has 4 rings (SSSR count). The molecule has 8 nitrogen and oxygen atoms in total. The van der Waals surface area contributed by atoms with Crippen LogP contribution >= 0.6 is 0 Å². The van der Waals surface area contributed by atoms with Crippen LogP contribution in [0.1, 0.15) is 31.2 Å². The normalized spacial score (nSPS) is 25.7. The molecule has 0 saturated carbocycles. The number of carbonyl (C=O) groups excluding carboxylic acids is 2. The first-order chi connectivity index (χ1) is 13.2. The predicted molar refractivity (Wildman–Crippen MR) is 95.1 cm³/mol. The van der Waals surface area contributed by atoms with Gasteiger partial charge >= 0.3 is 6.03 Å². The van der Waals surface area contributed by atoms with Crippen LogP contribution < -0.4 is 5.48 Å². The number of ether oxygens (including phenoxy) is 1. The van der Waals surface area contributed by atoms with Gasteiger partial charge < -0.3 is 9.64 Å². The predicted octanol–water partition coefficient (Wildman–Crippen LogP) is 1.61. The highest BCUT2D eigenvalue weighted by atomic mass is 16.7. The van der Waals surface area contributed by atoms with Crippen LogP contribution in [0.3, 0.4) is 0 Å². The second kappa shape index (κ2) is 8.24. The number of carbonyl (C=O) groups is 2. The number of piperidine rings is 1. The molecule has 1 aromatic rings. The Bertz CT molecular complexity index is 665. The standard InChI is InChI=1S/C19H25N3O5/c23-18(20-27-16-8-10-25-11-9-16)17-7-6-15-12-21(17)19(24)22(15)26-13-14-4-2-1-3-5-14/h1-5,15-17H,6-13H2,(H,20,23).